The monoisotopic (exact) mass is 444 g/mol. The number of hydrogen-bond donors (Lipinski definition) is 1. The van der Waals surface area contributed by atoms with Gasteiger partial charge in [-0.3, -0.25) is 14.5 Å². The van der Waals surface area contributed by atoms with E-state index in [1.807, 2.05) is 34.5 Å². The van der Waals surface area contributed by atoms with E-state index in [0.717, 1.165) is 28.8 Å². The lowest BCUT2D eigenvalue weighted by molar-refractivity contribution is 0.0694. The minimum atomic E-state index is -1.24. The first-order chi connectivity index (χ1) is 15.7. The van der Waals surface area contributed by atoms with Gasteiger partial charge >= 0.3 is 5.97 Å². The Morgan fingerprint density at radius 2 is 2.06 bits per heavy atom. The molecule has 1 fully saturated rings. The third-order valence-electron chi connectivity index (χ3n) is 6.53. The molecular weight excluding hydrogens is 420 g/mol. The largest absolute Gasteiger partial charge is 0.477 e. The van der Waals surface area contributed by atoms with Crippen LogP contribution in [-0.2, 0) is 11.8 Å². The van der Waals surface area contributed by atoms with Crippen LogP contribution in [0.1, 0.15) is 53.5 Å². The van der Waals surface area contributed by atoms with Crippen molar-refractivity contribution in [2.24, 2.45) is 7.05 Å². The van der Waals surface area contributed by atoms with Gasteiger partial charge < -0.3 is 14.4 Å². The molecule has 1 aromatic carbocycles. The predicted molar refractivity (Wildman–Crippen MR) is 123 cm³/mol. The fourth-order valence-electron chi connectivity index (χ4n) is 5.00. The van der Waals surface area contributed by atoms with Crippen molar-refractivity contribution < 1.29 is 14.6 Å². The summed E-state index contributed by atoms with van der Waals surface area (Å²) < 4.78 is 9.56. The lowest BCUT2D eigenvalue weighted by atomic mass is 9.91. The molecular formula is C25H24N4O4. The number of carboxylic acids is 1. The number of benzene rings is 1. The Morgan fingerprint density at radius 3 is 2.73 bits per heavy atom. The van der Waals surface area contributed by atoms with Crippen molar-refractivity contribution in [3.05, 3.63) is 75.6 Å². The second-order valence-corrected chi connectivity index (χ2v) is 9.11. The molecule has 5 rings (SSSR count). The SMILES string of the molecule is COC1CC(C)(C)N2[C@@H]1c1cc(C#Cc3cncn3C)ccc1-c1cc(=O)c(C(=O)O)cn12. The lowest BCUT2D eigenvalue weighted by Crippen LogP contribution is -2.50. The third kappa shape index (κ3) is 3.24. The van der Waals surface area contributed by atoms with Crippen LogP contribution in [0.3, 0.4) is 0 Å². The molecule has 0 spiro atoms. The smallest absolute Gasteiger partial charge is 0.341 e. The quantitative estimate of drug-likeness (QED) is 0.611. The number of ether oxygens (including phenoxy) is 1. The van der Waals surface area contributed by atoms with E-state index in [1.165, 1.54) is 12.3 Å². The van der Waals surface area contributed by atoms with Gasteiger partial charge in [-0.15, -0.1) is 0 Å². The summed E-state index contributed by atoms with van der Waals surface area (Å²) in [5.74, 6) is 5.13. The summed E-state index contributed by atoms with van der Waals surface area (Å²) in [5.41, 5.74) is 3.08. The highest BCUT2D eigenvalue weighted by molar-refractivity contribution is 5.88. The summed E-state index contributed by atoms with van der Waals surface area (Å²) in [7, 11) is 3.59. The highest BCUT2D eigenvalue weighted by Crippen LogP contribution is 2.49. The predicted octanol–water partition coefficient (Wildman–Crippen LogP) is 2.54. The number of methoxy groups -OCH3 is 1. The van der Waals surface area contributed by atoms with E-state index in [0.29, 0.717) is 5.69 Å². The van der Waals surface area contributed by atoms with Crippen molar-refractivity contribution in [2.75, 3.05) is 12.1 Å². The van der Waals surface area contributed by atoms with Crippen molar-refractivity contribution in [2.45, 2.75) is 38.0 Å². The molecule has 2 aliphatic heterocycles. The second-order valence-electron chi connectivity index (χ2n) is 9.11. The molecule has 1 saturated heterocycles. The maximum absolute atomic E-state index is 12.6. The summed E-state index contributed by atoms with van der Waals surface area (Å²) in [6.45, 7) is 4.19. The molecule has 0 bridgehead atoms. The number of aromatic nitrogens is 3. The number of carboxylic acid groups (broad SMARTS) is 1. The van der Waals surface area contributed by atoms with Gasteiger partial charge in [-0.2, -0.15) is 0 Å². The van der Waals surface area contributed by atoms with Crippen LogP contribution in [0.15, 0.2) is 47.8 Å². The normalized spacial score (nSPS) is 19.8. The Bertz CT molecular complexity index is 1410. The zero-order chi connectivity index (χ0) is 23.5. The van der Waals surface area contributed by atoms with Crippen LogP contribution in [0.25, 0.3) is 11.3 Å². The number of aromatic carboxylic acids is 1. The number of carbonyl (C=O) groups is 1. The Kier molecular flexibility index (Phi) is 4.69. The van der Waals surface area contributed by atoms with Crippen LogP contribution in [-0.4, -0.2) is 44.1 Å². The van der Waals surface area contributed by atoms with Crippen molar-refractivity contribution in [1.82, 2.24) is 14.2 Å². The summed E-state index contributed by atoms with van der Waals surface area (Å²) >= 11 is 0. The van der Waals surface area contributed by atoms with Crippen LogP contribution in [0, 0.1) is 11.8 Å². The molecule has 1 N–H and O–H groups in total. The van der Waals surface area contributed by atoms with Gasteiger partial charge in [-0.1, -0.05) is 12.0 Å². The first kappa shape index (κ1) is 21.0. The Labute approximate surface area is 191 Å². The average Bonchev–Trinajstić information content (AvgIpc) is 3.31. The topological polar surface area (TPSA) is 89.6 Å². The van der Waals surface area contributed by atoms with E-state index in [2.05, 4.69) is 35.7 Å². The molecule has 2 atom stereocenters. The first-order valence-corrected chi connectivity index (χ1v) is 10.7. The van der Waals surface area contributed by atoms with Crippen LogP contribution in [0.5, 0.6) is 0 Å². The molecule has 0 saturated carbocycles. The van der Waals surface area contributed by atoms with Gasteiger partial charge in [0.1, 0.15) is 11.3 Å². The molecule has 8 heteroatoms. The van der Waals surface area contributed by atoms with Crippen LogP contribution < -0.4 is 10.4 Å². The van der Waals surface area contributed by atoms with Gasteiger partial charge in [-0.25, -0.2) is 9.78 Å². The summed E-state index contributed by atoms with van der Waals surface area (Å²) in [6.07, 6.45) is 5.49. The van der Waals surface area contributed by atoms with E-state index in [-0.39, 0.29) is 23.2 Å². The molecule has 1 unspecified atom stereocenters. The van der Waals surface area contributed by atoms with E-state index < -0.39 is 11.4 Å². The molecule has 0 aliphatic carbocycles. The van der Waals surface area contributed by atoms with E-state index in [4.69, 9.17) is 4.74 Å². The third-order valence-corrected chi connectivity index (χ3v) is 6.53. The Morgan fingerprint density at radius 1 is 1.27 bits per heavy atom. The minimum absolute atomic E-state index is 0.111. The molecule has 33 heavy (non-hydrogen) atoms. The summed E-state index contributed by atoms with van der Waals surface area (Å²) in [4.78, 5) is 28.4. The van der Waals surface area contributed by atoms with Gasteiger partial charge in [0, 0.05) is 44.0 Å². The fourth-order valence-corrected chi connectivity index (χ4v) is 5.00. The van der Waals surface area contributed by atoms with E-state index >= 15 is 0 Å². The summed E-state index contributed by atoms with van der Waals surface area (Å²) in [6, 6.07) is 7.16. The number of imidazole rings is 1. The van der Waals surface area contributed by atoms with Gasteiger partial charge in [0.05, 0.1) is 35.9 Å². The first-order valence-electron chi connectivity index (χ1n) is 10.7. The van der Waals surface area contributed by atoms with Crippen LogP contribution in [0.2, 0.25) is 0 Å². The molecule has 2 aliphatic rings. The van der Waals surface area contributed by atoms with Gasteiger partial charge in [0.25, 0.3) is 0 Å². The zero-order valence-electron chi connectivity index (χ0n) is 18.9. The molecule has 0 amide bonds. The number of aryl methyl sites for hydroxylation is 1. The number of pyridine rings is 1. The summed E-state index contributed by atoms with van der Waals surface area (Å²) in [5, 5.41) is 11.7. The molecule has 168 valence electrons. The number of rotatable bonds is 2. The van der Waals surface area contributed by atoms with E-state index in [9.17, 15) is 14.7 Å². The Balaban J connectivity index is 1.73. The molecule has 0 radical (unpaired) electrons. The average molecular weight is 444 g/mol. The maximum atomic E-state index is 12.6. The van der Waals surface area contributed by atoms with Crippen molar-refractivity contribution in [1.29, 1.82) is 0 Å². The standard InChI is InChI=1S/C25H24N4O4/c1-25(2)11-22(33-4)23-18-9-15(5-7-16-12-26-14-27(16)3)6-8-17(18)20-10-21(30)19(24(31)32)13-28(20)29(23)25/h6,8-10,12-14,22-23H,11H2,1-4H3,(H,31,32)/t22?,23-/m1/s1. The molecule has 3 aromatic rings. The highest BCUT2D eigenvalue weighted by Gasteiger charge is 2.51. The molecule has 2 aromatic heterocycles. The molecule has 8 nitrogen and oxygen atoms in total. The van der Waals surface area contributed by atoms with E-state index in [1.54, 1.807) is 19.6 Å². The highest BCUT2D eigenvalue weighted by atomic mass is 16.5. The minimum Gasteiger partial charge on any atom is -0.477 e. The fraction of sp³-hybridized carbons (Fsp3) is 0.320. The van der Waals surface area contributed by atoms with Gasteiger partial charge in [0.2, 0.25) is 0 Å². The zero-order valence-corrected chi connectivity index (χ0v) is 18.9. The maximum Gasteiger partial charge on any atom is 0.341 e. The Hall–Kier alpha value is -3.83. The number of hydrogen-bond acceptors (Lipinski definition) is 5. The number of fused-ring (bicyclic) bond motifs is 6. The lowest BCUT2D eigenvalue weighted by Gasteiger charge is -2.44. The van der Waals surface area contributed by atoms with Crippen LogP contribution in [0.4, 0.5) is 0 Å². The number of nitrogens with zero attached hydrogens (tertiary/aromatic N) is 4. The van der Waals surface area contributed by atoms with Crippen molar-refractivity contribution in [3.63, 3.8) is 0 Å². The van der Waals surface area contributed by atoms with Crippen molar-refractivity contribution >= 4 is 5.97 Å². The van der Waals surface area contributed by atoms with Gasteiger partial charge in [-0.05, 0) is 37.5 Å². The van der Waals surface area contributed by atoms with Gasteiger partial charge in [0.15, 0.2) is 5.43 Å². The second kappa shape index (κ2) is 7.36. The molecule has 4 heterocycles. The van der Waals surface area contributed by atoms with Crippen LogP contribution >= 0.6 is 0 Å². The van der Waals surface area contributed by atoms with Crippen molar-refractivity contribution in [3.8, 4) is 23.1 Å².